The van der Waals surface area contributed by atoms with E-state index in [1.807, 2.05) is 121 Å². The summed E-state index contributed by atoms with van der Waals surface area (Å²) < 4.78 is 17.6. The molecule has 0 aliphatic carbocycles. The van der Waals surface area contributed by atoms with Crippen LogP contribution in [0.1, 0.15) is 44.3 Å². The van der Waals surface area contributed by atoms with Crippen molar-refractivity contribution in [3.05, 3.63) is 266 Å². The predicted molar refractivity (Wildman–Crippen MR) is 318 cm³/mol. The van der Waals surface area contributed by atoms with Crippen molar-refractivity contribution in [2.24, 2.45) is 0 Å². The van der Waals surface area contributed by atoms with Crippen LogP contribution in [0.2, 0.25) is 0 Å². The summed E-state index contributed by atoms with van der Waals surface area (Å²) in [7, 11) is 1.70. The highest BCUT2D eigenvalue weighted by Gasteiger charge is 2.20. The number of anilines is 2. The Morgan fingerprint density at radius 1 is 0.584 bits per heavy atom. The molecular weight excluding hydrogens is 1050 g/mol. The molecule has 0 spiro atoms. The third kappa shape index (κ3) is 14.6. The molecule has 2 aromatic heterocycles. The number of nitrogens with one attached hydrogen (secondary N) is 3. The number of hydrogen-bond donors (Lipinski definition) is 4. The minimum absolute atomic E-state index is 0. The number of rotatable bonds is 20. The maximum atomic E-state index is 12.4. The number of nitrogens with zero attached hydrogens (tertiary/aromatic N) is 1. The first-order valence-electron chi connectivity index (χ1n) is 25.0. The van der Waals surface area contributed by atoms with E-state index in [9.17, 15) is 19.5 Å². The van der Waals surface area contributed by atoms with Gasteiger partial charge in [-0.2, -0.15) is 13.5 Å². The van der Waals surface area contributed by atoms with Crippen molar-refractivity contribution in [2.75, 3.05) is 30.8 Å². The Morgan fingerprint density at radius 2 is 1.10 bits per heavy atom. The number of pyridine rings is 2. The molecule has 2 heterocycles. The molecule has 0 aliphatic rings. The third-order valence-corrected chi connectivity index (χ3v) is 13.4. The molecule has 390 valence electrons. The number of alkyl halides is 1. The number of fused-ring (bicyclic) bond motifs is 2. The summed E-state index contributed by atoms with van der Waals surface area (Å²) in [4.78, 5) is 44.1. The van der Waals surface area contributed by atoms with Crippen LogP contribution >= 0.6 is 29.4 Å². The zero-order valence-corrected chi connectivity index (χ0v) is 45.0. The molecule has 0 aliphatic heterocycles. The summed E-state index contributed by atoms with van der Waals surface area (Å²) in [6, 6.07) is 68.4. The van der Waals surface area contributed by atoms with Crippen LogP contribution in [0.15, 0.2) is 222 Å². The fraction of sp³-hybridized carbons (Fsp3) is 0.141. The lowest BCUT2D eigenvalue weighted by atomic mass is 10.0. The van der Waals surface area contributed by atoms with Gasteiger partial charge in [-0.1, -0.05) is 155 Å². The molecule has 0 amide bonds. The summed E-state index contributed by atoms with van der Waals surface area (Å²) in [6.45, 7) is 2.59. The molecule has 0 bridgehead atoms. The number of carbonyl (C=O) groups excluding carboxylic acids is 1. The SMILES string of the molecule is COc1ccc(Nc2ccc(CCN(Cc3ccccc3)CC(O)c3ccc(OCc4ccccc4)c4[nH]c(=O)ccc34)cc2)cc1-c1ccccc1.O=C(CBr)c1ccc(OCc2ccccc2)c2[nH]c(=O)ccc12.S. The zero-order valence-electron chi connectivity index (χ0n) is 42.5. The molecule has 0 fully saturated rings. The van der Waals surface area contributed by atoms with Gasteiger partial charge >= 0.3 is 0 Å². The summed E-state index contributed by atoms with van der Waals surface area (Å²) >= 11 is 3.18. The molecule has 0 saturated heterocycles. The van der Waals surface area contributed by atoms with Crippen LogP contribution in [0.5, 0.6) is 17.2 Å². The molecule has 11 nitrogen and oxygen atoms in total. The number of methoxy groups -OCH3 is 1. The Hall–Kier alpha value is -8.20. The average molecular weight is 1110 g/mol. The maximum Gasteiger partial charge on any atom is 0.248 e. The molecule has 77 heavy (non-hydrogen) atoms. The second kappa shape index (κ2) is 27.0. The molecule has 0 radical (unpaired) electrons. The standard InChI is InChI=1S/C46H43N3O4.C18H14BrNO3.H2S/c1-52-43-24-21-38(29-41(43)36-15-9-4-10-16-36)47-37-19-17-33(18-20-37)27-28-49(30-34-11-5-2-6-12-34)31-42(50)39-22-25-44(46-40(39)23-26-45(51)48-46)53-32-35-13-7-3-8-14-35;19-10-15(21)13-6-8-16(18-14(13)7-9-17(22)20-18)23-11-12-4-2-1-3-5-12;/h2-26,29,42,47,50H,27-28,30-32H2,1H3,(H,48,51);1-9H,10-11H2,(H,20,22);1H2. The number of ketones is 1. The fourth-order valence-electron chi connectivity index (χ4n) is 9.05. The van der Waals surface area contributed by atoms with E-state index < -0.39 is 6.10 Å². The summed E-state index contributed by atoms with van der Waals surface area (Å²) in [5, 5.41) is 17.0. The second-order valence-electron chi connectivity index (χ2n) is 18.2. The van der Waals surface area contributed by atoms with Gasteiger partial charge < -0.3 is 34.6 Å². The number of ether oxygens (including phenoxy) is 3. The Labute approximate surface area is 462 Å². The first-order chi connectivity index (χ1) is 37.2. The highest BCUT2D eigenvalue weighted by Crippen LogP contribution is 2.35. The molecular formula is C64H59BrN4O7S. The van der Waals surface area contributed by atoms with Gasteiger partial charge in [-0.05, 0) is 100 Å². The number of hydrogen-bond acceptors (Lipinski definition) is 9. The number of benzene rings is 8. The van der Waals surface area contributed by atoms with E-state index in [0.29, 0.717) is 59.8 Å². The average Bonchev–Trinajstić information content (AvgIpc) is 3.47. The van der Waals surface area contributed by atoms with E-state index in [4.69, 9.17) is 14.2 Å². The number of aromatic amines is 2. The number of halogens is 1. The van der Waals surface area contributed by atoms with E-state index in [1.165, 1.54) is 23.3 Å². The molecule has 4 N–H and O–H groups in total. The molecule has 8 aromatic carbocycles. The minimum Gasteiger partial charge on any atom is -0.496 e. The van der Waals surface area contributed by atoms with Gasteiger partial charge in [0.25, 0.3) is 0 Å². The lowest BCUT2D eigenvalue weighted by molar-refractivity contribution is 0.102. The van der Waals surface area contributed by atoms with Gasteiger partial charge in [0.05, 0.1) is 29.6 Å². The van der Waals surface area contributed by atoms with Crippen LogP contribution in [0.4, 0.5) is 11.4 Å². The minimum atomic E-state index is -0.799. The molecule has 1 atom stereocenters. The van der Waals surface area contributed by atoms with Crippen LogP contribution in [0, 0.1) is 0 Å². The fourth-order valence-corrected chi connectivity index (χ4v) is 9.35. The van der Waals surface area contributed by atoms with E-state index in [-0.39, 0.29) is 35.7 Å². The quantitative estimate of drug-likeness (QED) is 0.0433. The van der Waals surface area contributed by atoms with Crippen molar-refractivity contribution < 1.29 is 24.1 Å². The van der Waals surface area contributed by atoms with Crippen molar-refractivity contribution in [3.63, 3.8) is 0 Å². The van der Waals surface area contributed by atoms with Gasteiger partial charge in [-0.25, -0.2) is 0 Å². The number of aliphatic hydroxyl groups is 1. The summed E-state index contributed by atoms with van der Waals surface area (Å²) in [5.41, 5.74) is 10.5. The van der Waals surface area contributed by atoms with Crippen molar-refractivity contribution in [2.45, 2.75) is 32.3 Å². The first-order valence-corrected chi connectivity index (χ1v) is 26.1. The second-order valence-corrected chi connectivity index (χ2v) is 18.7. The Bertz CT molecular complexity index is 3640. The topological polar surface area (TPSA) is 146 Å². The Morgan fingerprint density at radius 3 is 1.69 bits per heavy atom. The number of Topliss-reactive ketones (excluding diaryl/α,β-unsaturated/α-hetero) is 1. The van der Waals surface area contributed by atoms with Gasteiger partial charge in [-0.3, -0.25) is 19.3 Å². The van der Waals surface area contributed by atoms with Crippen molar-refractivity contribution in [1.82, 2.24) is 14.9 Å². The third-order valence-electron chi connectivity index (χ3n) is 12.9. The van der Waals surface area contributed by atoms with Crippen molar-refractivity contribution in [1.29, 1.82) is 0 Å². The highest BCUT2D eigenvalue weighted by molar-refractivity contribution is 9.09. The van der Waals surface area contributed by atoms with Crippen LogP contribution < -0.4 is 30.6 Å². The lowest BCUT2D eigenvalue weighted by Gasteiger charge is -2.26. The van der Waals surface area contributed by atoms with Crippen molar-refractivity contribution in [3.8, 4) is 28.4 Å². The smallest absolute Gasteiger partial charge is 0.248 e. The van der Waals surface area contributed by atoms with Gasteiger partial charge in [-0.15, -0.1) is 0 Å². The summed E-state index contributed by atoms with van der Waals surface area (Å²) in [5.74, 6) is 1.90. The largest absolute Gasteiger partial charge is 0.496 e. The predicted octanol–water partition coefficient (Wildman–Crippen LogP) is 13.1. The Balaban J connectivity index is 0.000000273. The van der Waals surface area contributed by atoms with Crippen LogP contribution in [0.3, 0.4) is 0 Å². The zero-order chi connectivity index (χ0) is 52.6. The van der Waals surface area contributed by atoms with Crippen LogP contribution in [0.25, 0.3) is 32.9 Å². The van der Waals surface area contributed by atoms with Crippen LogP contribution in [-0.4, -0.2) is 51.3 Å². The van der Waals surface area contributed by atoms with E-state index in [1.54, 1.807) is 31.4 Å². The highest BCUT2D eigenvalue weighted by atomic mass is 79.9. The summed E-state index contributed by atoms with van der Waals surface area (Å²) in [6.07, 6.45) is 0.00746. The number of carbonyl (C=O) groups is 1. The van der Waals surface area contributed by atoms with E-state index in [0.717, 1.165) is 63.3 Å². The molecule has 10 aromatic rings. The number of aliphatic hydroxyl groups excluding tert-OH is 1. The van der Waals surface area contributed by atoms with Crippen molar-refractivity contribution >= 4 is 68.4 Å². The van der Waals surface area contributed by atoms with E-state index >= 15 is 0 Å². The van der Waals surface area contributed by atoms with Gasteiger partial charge in [0.15, 0.2) is 5.78 Å². The molecule has 1 unspecified atom stereocenters. The molecule has 10 rings (SSSR count). The lowest BCUT2D eigenvalue weighted by Crippen LogP contribution is -2.30. The van der Waals surface area contributed by atoms with Gasteiger partial charge in [0, 0.05) is 65.0 Å². The first kappa shape index (κ1) is 55.0. The number of aromatic nitrogens is 2. The van der Waals surface area contributed by atoms with Gasteiger partial charge in [0.1, 0.15) is 30.5 Å². The normalized spacial score (nSPS) is 11.3. The number of H-pyrrole nitrogens is 2. The monoisotopic (exact) mass is 1110 g/mol. The molecule has 0 saturated carbocycles. The van der Waals surface area contributed by atoms with Crippen LogP contribution in [-0.2, 0) is 26.2 Å². The van der Waals surface area contributed by atoms with E-state index in [2.05, 4.69) is 90.7 Å². The molecule has 13 heteroatoms. The van der Waals surface area contributed by atoms with Gasteiger partial charge in [0.2, 0.25) is 11.1 Å². The maximum absolute atomic E-state index is 12.4. The Kier molecular flexibility index (Phi) is 19.3.